The number of carbonyl (C=O) groups excluding carboxylic acids is 2. The fourth-order valence-electron chi connectivity index (χ4n) is 3.20. The fourth-order valence-corrected chi connectivity index (χ4v) is 6.50. The standard InChI is InChI=1S/C19H15N5O4S3/c1-9-22-23-19(31-9)30-8-12-7-29-17-13(16(26)24(17)14(12)18(27)28)21-15(25)11-4-2-10(6-20)3-5-11/h2-5,13,17H,7-8H2,1H3,(H,21,25)(H,27,28)/t13-,17-/m1/s1. The molecule has 3 heterocycles. The summed E-state index contributed by atoms with van der Waals surface area (Å²) in [6.07, 6.45) is 0. The van der Waals surface area contributed by atoms with E-state index in [2.05, 4.69) is 15.5 Å². The van der Waals surface area contributed by atoms with Crippen molar-refractivity contribution in [1.29, 1.82) is 5.26 Å². The summed E-state index contributed by atoms with van der Waals surface area (Å²) in [5.41, 5.74) is 1.36. The fraction of sp³-hybridized carbons (Fsp3) is 0.263. The van der Waals surface area contributed by atoms with Crippen LogP contribution in [0.15, 0.2) is 39.9 Å². The molecule has 158 valence electrons. The van der Waals surface area contributed by atoms with Crippen LogP contribution in [-0.4, -0.2) is 60.9 Å². The van der Waals surface area contributed by atoms with Gasteiger partial charge in [0.1, 0.15) is 22.1 Å². The van der Waals surface area contributed by atoms with Gasteiger partial charge >= 0.3 is 5.97 Å². The number of nitriles is 1. The summed E-state index contributed by atoms with van der Waals surface area (Å²) < 4.78 is 0.740. The van der Waals surface area contributed by atoms with E-state index >= 15 is 0 Å². The normalized spacial score (nSPS) is 20.0. The molecule has 2 N–H and O–H groups in total. The summed E-state index contributed by atoms with van der Waals surface area (Å²) >= 11 is 4.23. The van der Waals surface area contributed by atoms with Crippen LogP contribution in [0.2, 0.25) is 0 Å². The zero-order valence-corrected chi connectivity index (χ0v) is 18.5. The van der Waals surface area contributed by atoms with E-state index in [0.29, 0.717) is 28.2 Å². The molecule has 0 unspecified atom stereocenters. The van der Waals surface area contributed by atoms with E-state index in [1.807, 2.05) is 13.0 Å². The second kappa shape index (κ2) is 8.70. The highest BCUT2D eigenvalue weighted by atomic mass is 32.2. The molecule has 12 heteroatoms. The molecule has 1 saturated heterocycles. The minimum absolute atomic E-state index is 0.0219. The number of amides is 2. The Morgan fingerprint density at radius 2 is 2.10 bits per heavy atom. The van der Waals surface area contributed by atoms with Gasteiger partial charge in [-0.1, -0.05) is 23.1 Å². The van der Waals surface area contributed by atoms with E-state index in [4.69, 9.17) is 5.26 Å². The quantitative estimate of drug-likeness (QED) is 0.476. The number of thioether (sulfide) groups is 2. The van der Waals surface area contributed by atoms with E-state index < -0.39 is 29.2 Å². The molecule has 1 aromatic carbocycles. The van der Waals surface area contributed by atoms with Crippen molar-refractivity contribution in [2.45, 2.75) is 22.7 Å². The Labute approximate surface area is 189 Å². The average Bonchev–Trinajstić information content (AvgIpc) is 3.20. The average molecular weight is 474 g/mol. The summed E-state index contributed by atoms with van der Waals surface area (Å²) in [6, 6.07) is 7.24. The smallest absolute Gasteiger partial charge is 0.352 e. The summed E-state index contributed by atoms with van der Waals surface area (Å²) in [4.78, 5) is 38.4. The van der Waals surface area contributed by atoms with Crippen molar-refractivity contribution < 1.29 is 19.5 Å². The Morgan fingerprint density at radius 1 is 1.35 bits per heavy atom. The van der Waals surface area contributed by atoms with Crippen LogP contribution in [-0.2, 0) is 9.59 Å². The number of carboxylic acids is 1. The van der Waals surface area contributed by atoms with E-state index in [0.717, 1.165) is 9.35 Å². The molecule has 0 aliphatic carbocycles. The lowest BCUT2D eigenvalue weighted by molar-refractivity contribution is -0.148. The van der Waals surface area contributed by atoms with Crippen LogP contribution in [0.1, 0.15) is 20.9 Å². The third-order valence-electron chi connectivity index (χ3n) is 4.69. The number of hydrogen-bond acceptors (Lipinski definition) is 9. The van der Waals surface area contributed by atoms with Gasteiger partial charge in [0.2, 0.25) is 0 Å². The Kier molecular flexibility index (Phi) is 5.99. The van der Waals surface area contributed by atoms with Gasteiger partial charge in [0.05, 0.1) is 11.6 Å². The second-order valence-corrected chi connectivity index (χ2v) is 10.2. The molecular weight excluding hydrogens is 458 g/mol. The van der Waals surface area contributed by atoms with Crippen LogP contribution in [0.25, 0.3) is 0 Å². The lowest BCUT2D eigenvalue weighted by Crippen LogP contribution is -2.70. The predicted octanol–water partition coefficient (Wildman–Crippen LogP) is 1.86. The van der Waals surface area contributed by atoms with Gasteiger partial charge in [0.15, 0.2) is 4.34 Å². The first kappa shape index (κ1) is 21.4. The molecule has 31 heavy (non-hydrogen) atoms. The van der Waals surface area contributed by atoms with Crippen molar-refractivity contribution in [2.75, 3.05) is 11.5 Å². The maximum atomic E-state index is 12.7. The number of aliphatic carboxylic acids is 1. The van der Waals surface area contributed by atoms with Crippen LogP contribution in [0.4, 0.5) is 0 Å². The van der Waals surface area contributed by atoms with Gasteiger partial charge in [-0.3, -0.25) is 14.5 Å². The Hall–Kier alpha value is -2.88. The van der Waals surface area contributed by atoms with E-state index in [-0.39, 0.29) is 5.70 Å². The predicted molar refractivity (Wildman–Crippen MR) is 116 cm³/mol. The molecule has 0 spiro atoms. The molecule has 2 amide bonds. The number of aromatic nitrogens is 2. The third-order valence-corrected chi connectivity index (χ3v) is 8.09. The van der Waals surface area contributed by atoms with Crippen molar-refractivity contribution in [2.24, 2.45) is 0 Å². The summed E-state index contributed by atoms with van der Waals surface area (Å²) in [7, 11) is 0. The van der Waals surface area contributed by atoms with Crippen LogP contribution in [0.3, 0.4) is 0 Å². The molecular formula is C19H15N5O4S3. The molecule has 2 aliphatic rings. The number of fused-ring (bicyclic) bond motifs is 1. The Bertz CT molecular complexity index is 1140. The molecule has 0 saturated carbocycles. The second-order valence-electron chi connectivity index (χ2n) is 6.68. The largest absolute Gasteiger partial charge is 0.477 e. The SMILES string of the molecule is Cc1nnc(SCC2=C(C(=O)O)N3C(=O)[C@@H](NC(=O)c4ccc(C#N)cc4)[C@H]3SC2)s1. The summed E-state index contributed by atoms with van der Waals surface area (Å²) in [5.74, 6) is -1.24. The minimum atomic E-state index is -1.17. The van der Waals surface area contributed by atoms with Crippen molar-refractivity contribution in [3.63, 3.8) is 0 Å². The Morgan fingerprint density at radius 3 is 2.71 bits per heavy atom. The molecule has 2 atom stereocenters. The monoisotopic (exact) mass is 473 g/mol. The van der Waals surface area contributed by atoms with Gasteiger partial charge in [-0.05, 0) is 36.8 Å². The highest BCUT2D eigenvalue weighted by Gasteiger charge is 2.54. The third kappa shape index (κ3) is 4.16. The number of nitrogens with zero attached hydrogens (tertiary/aromatic N) is 4. The van der Waals surface area contributed by atoms with Crippen molar-refractivity contribution >= 4 is 52.6 Å². The number of carbonyl (C=O) groups is 3. The van der Waals surface area contributed by atoms with Gasteiger partial charge in [-0.25, -0.2) is 4.79 Å². The number of aryl methyl sites for hydroxylation is 1. The van der Waals surface area contributed by atoms with Crippen molar-refractivity contribution in [3.05, 3.63) is 51.7 Å². The van der Waals surface area contributed by atoms with Crippen LogP contribution in [0.5, 0.6) is 0 Å². The maximum Gasteiger partial charge on any atom is 0.352 e. The number of carboxylic acid groups (broad SMARTS) is 1. The summed E-state index contributed by atoms with van der Waals surface area (Å²) in [5, 5.41) is 29.6. The number of nitrogens with one attached hydrogen (secondary N) is 1. The van der Waals surface area contributed by atoms with E-state index in [1.54, 1.807) is 0 Å². The number of hydrogen-bond donors (Lipinski definition) is 2. The van der Waals surface area contributed by atoms with Crippen LogP contribution in [0, 0.1) is 18.3 Å². The van der Waals surface area contributed by atoms with Gasteiger partial charge < -0.3 is 10.4 Å². The van der Waals surface area contributed by atoms with Crippen molar-refractivity contribution in [1.82, 2.24) is 20.4 Å². The van der Waals surface area contributed by atoms with Crippen LogP contribution < -0.4 is 5.32 Å². The molecule has 1 fully saturated rings. The highest BCUT2D eigenvalue weighted by Crippen LogP contribution is 2.41. The van der Waals surface area contributed by atoms with Gasteiger partial charge in [-0.15, -0.1) is 22.0 Å². The Balaban J connectivity index is 1.47. The lowest BCUT2D eigenvalue weighted by Gasteiger charge is -2.49. The first-order chi connectivity index (χ1) is 14.9. The molecule has 1 aromatic heterocycles. The maximum absolute atomic E-state index is 12.7. The van der Waals surface area contributed by atoms with Crippen LogP contribution >= 0.6 is 34.9 Å². The van der Waals surface area contributed by atoms with E-state index in [1.165, 1.54) is 64.0 Å². The topological polar surface area (TPSA) is 136 Å². The van der Waals surface area contributed by atoms with E-state index in [9.17, 15) is 19.5 Å². The van der Waals surface area contributed by atoms with Crippen molar-refractivity contribution in [3.8, 4) is 6.07 Å². The summed E-state index contributed by atoms with van der Waals surface area (Å²) in [6.45, 7) is 1.84. The molecule has 2 aliphatic heterocycles. The molecule has 9 nitrogen and oxygen atoms in total. The zero-order chi connectivity index (χ0) is 22.1. The zero-order valence-electron chi connectivity index (χ0n) is 16.1. The lowest BCUT2D eigenvalue weighted by atomic mass is 10.0. The first-order valence-electron chi connectivity index (χ1n) is 9.03. The molecule has 4 rings (SSSR count). The first-order valence-corrected chi connectivity index (χ1v) is 11.9. The highest BCUT2D eigenvalue weighted by molar-refractivity contribution is 8.01. The van der Waals surface area contributed by atoms with Gasteiger partial charge in [0, 0.05) is 17.1 Å². The minimum Gasteiger partial charge on any atom is -0.477 e. The molecule has 0 radical (unpaired) electrons. The van der Waals surface area contributed by atoms with Gasteiger partial charge in [0.25, 0.3) is 11.8 Å². The molecule has 0 bridgehead atoms. The number of β-lactam (4-membered cyclic amide) rings is 1. The molecule has 2 aromatic rings. The number of rotatable bonds is 6. The van der Waals surface area contributed by atoms with Gasteiger partial charge in [-0.2, -0.15) is 5.26 Å². The number of benzene rings is 1.